The number of aromatic nitrogens is 3. The standard InChI is InChI=1S/C18H20N4/c1-12-4-8-16(9-5-12)22-18(17(11-19)20-21-22)15-7-6-13(2)14(3)10-15/h4-10H,11,19H2,1-3H3. The molecule has 2 N–H and O–H groups in total. The molecular weight excluding hydrogens is 272 g/mol. The number of rotatable bonds is 3. The molecule has 0 bridgehead atoms. The van der Waals surface area contributed by atoms with E-state index < -0.39 is 0 Å². The van der Waals surface area contributed by atoms with Crippen LogP contribution in [0.2, 0.25) is 0 Å². The average molecular weight is 292 g/mol. The summed E-state index contributed by atoms with van der Waals surface area (Å²) in [5.74, 6) is 0. The molecule has 0 aliphatic carbocycles. The summed E-state index contributed by atoms with van der Waals surface area (Å²) in [7, 11) is 0. The molecule has 2 aromatic carbocycles. The van der Waals surface area contributed by atoms with E-state index >= 15 is 0 Å². The molecule has 0 amide bonds. The summed E-state index contributed by atoms with van der Waals surface area (Å²) >= 11 is 0. The lowest BCUT2D eigenvalue weighted by atomic mass is 10.0. The lowest BCUT2D eigenvalue weighted by molar-refractivity contribution is 0.799. The van der Waals surface area contributed by atoms with Crippen molar-refractivity contribution in [3.8, 4) is 16.9 Å². The zero-order valence-electron chi connectivity index (χ0n) is 13.2. The molecule has 4 heteroatoms. The van der Waals surface area contributed by atoms with E-state index in [1.807, 2.05) is 4.68 Å². The second kappa shape index (κ2) is 5.73. The van der Waals surface area contributed by atoms with E-state index in [1.54, 1.807) is 0 Å². The van der Waals surface area contributed by atoms with Crippen LogP contribution >= 0.6 is 0 Å². The molecular formula is C18H20N4. The Balaban J connectivity index is 2.19. The van der Waals surface area contributed by atoms with Crippen molar-refractivity contribution >= 4 is 0 Å². The van der Waals surface area contributed by atoms with Crippen LogP contribution in [0.1, 0.15) is 22.4 Å². The van der Waals surface area contributed by atoms with Gasteiger partial charge in [-0.2, -0.15) is 0 Å². The van der Waals surface area contributed by atoms with Crippen LogP contribution in [0, 0.1) is 20.8 Å². The monoisotopic (exact) mass is 292 g/mol. The predicted molar refractivity (Wildman–Crippen MR) is 88.9 cm³/mol. The van der Waals surface area contributed by atoms with Crippen molar-refractivity contribution in [1.82, 2.24) is 15.0 Å². The highest BCUT2D eigenvalue weighted by atomic mass is 15.4. The fourth-order valence-electron chi connectivity index (χ4n) is 2.49. The first-order valence-electron chi connectivity index (χ1n) is 7.39. The van der Waals surface area contributed by atoms with Gasteiger partial charge in [0.25, 0.3) is 0 Å². The van der Waals surface area contributed by atoms with Crippen LogP contribution in [0.3, 0.4) is 0 Å². The highest BCUT2D eigenvalue weighted by Gasteiger charge is 2.15. The van der Waals surface area contributed by atoms with Gasteiger partial charge in [-0.15, -0.1) is 5.10 Å². The van der Waals surface area contributed by atoms with Crippen molar-refractivity contribution in [3.63, 3.8) is 0 Å². The van der Waals surface area contributed by atoms with Crippen LogP contribution in [0.4, 0.5) is 0 Å². The molecule has 4 nitrogen and oxygen atoms in total. The molecule has 0 saturated heterocycles. The highest BCUT2D eigenvalue weighted by molar-refractivity contribution is 5.65. The maximum atomic E-state index is 5.86. The maximum absolute atomic E-state index is 5.86. The summed E-state index contributed by atoms with van der Waals surface area (Å²) in [5.41, 5.74) is 13.5. The highest BCUT2D eigenvalue weighted by Crippen LogP contribution is 2.27. The normalized spacial score (nSPS) is 10.9. The van der Waals surface area contributed by atoms with Gasteiger partial charge in [-0.1, -0.05) is 35.0 Å². The summed E-state index contributed by atoms with van der Waals surface area (Å²) in [6, 6.07) is 14.6. The Morgan fingerprint density at radius 3 is 2.32 bits per heavy atom. The fourth-order valence-corrected chi connectivity index (χ4v) is 2.49. The zero-order valence-corrected chi connectivity index (χ0v) is 13.2. The predicted octanol–water partition coefficient (Wildman–Crippen LogP) is 3.32. The first-order chi connectivity index (χ1) is 10.6. The van der Waals surface area contributed by atoms with E-state index in [2.05, 4.69) is 73.5 Å². The summed E-state index contributed by atoms with van der Waals surface area (Å²) in [6.45, 7) is 6.66. The molecule has 0 saturated carbocycles. The van der Waals surface area contributed by atoms with E-state index in [0.29, 0.717) is 6.54 Å². The van der Waals surface area contributed by atoms with Gasteiger partial charge in [0, 0.05) is 12.1 Å². The molecule has 22 heavy (non-hydrogen) atoms. The molecule has 0 atom stereocenters. The van der Waals surface area contributed by atoms with Gasteiger partial charge in [-0.05, 0) is 50.1 Å². The second-order valence-electron chi connectivity index (χ2n) is 5.64. The Labute approximate surface area is 130 Å². The molecule has 0 fully saturated rings. The third kappa shape index (κ3) is 2.53. The van der Waals surface area contributed by atoms with Gasteiger partial charge in [-0.25, -0.2) is 4.68 Å². The number of benzene rings is 2. The molecule has 1 heterocycles. The van der Waals surface area contributed by atoms with Crippen LogP contribution in [-0.2, 0) is 6.54 Å². The van der Waals surface area contributed by atoms with Crippen LogP contribution in [-0.4, -0.2) is 15.0 Å². The SMILES string of the molecule is Cc1ccc(-n2nnc(CN)c2-c2ccc(C)c(C)c2)cc1. The van der Waals surface area contributed by atoms with Crippen LogP contribution in [0.15, 0.2) is 42.5 Å². The molecule has 112 valence electrons. The van der Waals surface area contributed by atoms with Crippen molar-refractivity contribution in [2.75, 3.05) is 0 Å². The van der Waals surface area contributed by atoms with E-state index in [1.165, 1.54) is 16.7 Å². The molecule has 0 aliphatic heterocycles. The van der Waals surface area contributed by atoms with Gasteiger partial charge in [0.1, 0.15) is 5.69 Å². The quantitative estimate of drug-likeness (QED) is 0.805. The van der Waals surface area contributed by atoms with Crippen molar-refractivity contribution < 1.29 is 0 Å². The molecule has 0 spiro atoms. The Morgan fingerprint density at radius 2 is 1.68 bits per heavy atom. The third-order valence-corrected chi connectivity index (χ3v) is 3.99. The Kier molecular flexibility index (Phi) is 3.77. The molecule has 3 rings (SSSR count). The van der Waals surface area contributed by atoms with Crippen molar-refractivity contribution in [2.45, 2.75) is 27.3 Å². The largest absolute Gasteiger partial charge is 0.325 e. The van der Waals surface area contributed by atoms with Crippen LogP contribution in [0.5, 0.6) is 0 Å². The summed E-state index contributed by atoms with van der Waals surface area (Å²) < 4.78 is 1.87. The van der Waals surface area contributed by atoms with Crippen LogP contribution < -0.4 is 5.73 Å². The minimum atomic E-state index is 0.369. The Hall–Kier alpha value is -2.46. The van der Waals surface area contributed by atoms with Gasteiger partial charge in [-0.3, -0.25) is 0 Å². The molecule has 0 aliphatic rings. The first-order valence-corrected chi connectivity index (χ1v) is 7.39. The van der Waals surface area contributed by atoms with Gasteiger partial charge >= 0.3 is 0 Å². The minimum absolute atomic E-state index is 0.369. The summed E-state index contributed by atoms with van der Waals surface area (Å²) in [6.07, 6.45) is 0. The third-order valence-electron chi connectivity index (χ3n) is 3.99. The van der Waals surface area contributed by atoms with Gasteiger partial charge < -0.3 is 5.73 Å². The van der Waals surface area contributed by atoms with E-state index in [9.17, 15) is 0 Å². The molecule has 0 radical (unpaired) electrons. The lowest BCUT2D eigenvalue weighted by Crippen LogP contribution is -2.03. The number of hydrogen-bond donors (Lipinski definition) is 1. The topological polar surface area (TPSA) is 56.7 Å². The van der Waals surface area contributed by atoms with E-state index in [0.717, 1.165) is 22.6 Å². The summed E-state index contributed by atoms with van der Waals surface area (Å²) in [4.78, 5) is 0. The van der Waals surface area contributed by atoms with Gasteiger partial charge in [0.15, 0.2) is 0 Å². The average Bonchev–Trinajstić information content (AvgIpc) is 2.94. The Morgan fingerprint density at radius 1 is 0.955 bits per heavy atom. The fraction of sp³-hybridized carbons (Fsp3) is 0.222. The number of nitrogens with two attached hydrogens (primary N) is 1. The van der Waals surface area contributed by atoms with E-state index in [-0.39, 0.29) is 0 Å². The zero-order chi connectivity index (χ0) is 15.7. The number of hydrogen-bond acceptors (Lipinski definition) is 3. The summed E-state index contributed by atoms with van der Waals surface area (Å²) in [5, 5.41) is 8.55. The smallest absolute Gasteiger partial charge is 0.105 e. The molecule has 1 aromatic heterocycles. The van der Waals surface area contributed by atoms with E-state index in [4.69, 9.17) is 5.73 Å². The maximum Gasteiger partial charge on any atom is 0.105 e. The Bertz CT molecular complexity index is 800. The van der Waals surface area contributed by atoms with Crippen molar-refractivity contribution in [2.24, 2.45) is 5.73 Å². The number of nitrogens with zero attached hydrogens (tertiary/aromatic N) is 3. The first kappa shape index (κ1) is 14.5. The van der Waals surface area contributed by atoms with Crippen molar-refractivity contribution in [1.29, 1.82) is 0 Å². The van der Waals surface area contributed by atoms with Crippen molar-refractivity contribution in [3.05, 3.63) is 64.8 Å². The molecule has 0 unspecified atom stereocenters. The van der Waals surface area contributed by atoms with Crippen LogP contribution in [0.25, 0.3) is 16.9 Å². The number of aryl methyl sites for hydroxylation is 3. The molecule has 3 aromatic rings. The minimum Gasteiger partial charge on any atom is -0.325 e. The van der Waals surface area contributed by atoms with Gasteiger partial charge in [0.2, 0.25) is 0 Å². The van der Waals surface area contributed by atoms with Gasteiger partial charge in [0.05, 0.1) is 11.4 Å². The lowest BCUT2D eigenvalue weighted by Gasteiger charge is -2.10. The second-order valence-corrected chi connectivity index (χ2v) is 5.64.